The van der Waals surface area contributed by atoms with Gasteiger partial charge in [0.05, 0.1) is 0 Å². The van der Waals surface area contributed by atoms with Crippen LogP contribution in [0.4, 0.5) is 0 Å². The largest absolute Gasteiger partial charge is 4.00 e. The van der Waals surface area contributed by atoms with Crippen molar-refractivity contribution in [1.29, 1.82) is 0 Å². The summed E-state index contributed by atoms with van der Waals surface area (Å²) < 4.78 is 0. The standard InChI is InChI=1S/C17H11.C5H5.2ClH.Zr/c1-3-7-14-12(5-1)9-10-16-15-8-4-2-6-13(15)11-17(14)16;1-2-4-5-3-1;;;/h1-6,8-10H,11H2;1-5H;2*1H;/q2*-1;;;+4/p-2. The van der Waals surface area contributed by atoms with Crippen molar-refractivity contribution in [3.63, 3.8) is 0 Å². The molecule has 4 aromatic carbocycles. The van der Waals surface area contributed by atoms with E-state index >= 15 is 0 Å². The van der Waals surface area contributed by atoms with E-state index < -0.39 is 0 Å². The zero-order valence-electron chi connectivity index (χ0n) is 13.5. The minimum absolute atomic E-state index is 0. The van der Waals surface area contributed by atoms with E-state index in [9.17, 15) is 0 Å². The van der Waals surface area contributed by atoms with E-state index in [1.807, 2.05) is 36.4 Å². The van der Waals surface area contributed by atoms with Crippen LogP contribution >= 0.6 is 0 Å². The van der Waals surface area contributed by atoms with Crippen LogP contribution < -0.4 is 24.8 Å². The quantitative estimate of drug-likeness (QED) is 0.287. The van der Waals surface area contributed by atoms with E-state index in [1.165, 1.54) is 33.0 Å². The van der Waals surface area contributed by atoms with Gasteiger partial charge in [0.25, 0.3) is 0 Å². The summed E-state index contributed by atoms with van der Waals surface area (Å²) in [6, 6.07) is 32.7. The van der Waals surface area contributed by atoms with E-state index in [2.05, 4.69) is 54.6 Å². The van der Waals surface area contributed by atoms with Crippen LogP contribution in [-0.4, -0.2) is 0 Å². The van der Waals surface area contributed by atoms with Gasteiger partial charge in [0.15, 0.2) is 0 Å². The van der Waals surface area contributed by atoms with Crippen LogP contribution in [0.5, 0.6) is 0 Å². The molecule has 0 aliphatic heterocycles. The summed E-state index contributed by atoms with van der Waals surface area (Å²) in [4.78, 5) is 0. The minimum Gasteiger partial charge on any atom is -1.00 e. The average Bonchev–Trinajstić information content (AvgIpc) is 3.26. The maximum absolute atomic E-state index is 3.39. The van der Waals surface area contributed by atoms with E-state index in [1.54, 1.807) is 0 Å². The molecule has 5 rings (SSSR count). The summed E-state index contributed by atoms with van der Waals surface area (Å²) in [6.45, 7) is 0. The van der Waals surface area contributed by atoms with Gasteiger partial charge in [-0.25, -0.2) is 12.1 Å². The van der Waals surface area contributed by atoms with Crippen molar-refractivity contribution in [3.8, 4) is 11.1 Å². The Morgan fingerprint density at radius 1 is 0.760 bits per heavy atom. The smallest absolute Gasteiger partial charge is 1.00 e. The number of rotatable bonds is 0. The van der Waals surface area contributed by atoms with Crippen molar-refractivity contribution in [2.45, 2.75) is 6.42 Å². The van der Waals surface area contributed by atoms with Gasteiger partial charge in [-0.1, -0.05) is 42.0 Å². The molecule has 0 heterocycles. The van der Waals surface area contributed by atoms with Crippen molar-refractivity contribution in [1.82, 2.24) is 0 Å². The molecule has 0 fully saturated rings. The molecule has 0 unspecified atom stereocenters. The molecule has 0 N–H and O–H groups in total. The molecule has 0 radical (unpaired) electrons. The van der Waals surface area contributed by atoms with Crippen LogP contribution in [-0.2, 0) is 32.6 Å². The fourth-order valence-corrected chi connectivity index (χ4v) is 3.14. The minimum atomic E-state index is 0. The summed E-state index contributed by atoms with van der Waals surface area (Å²) in [6.07, 6.45) is 1.04. The van der Waals surface area contributed by atoms with Gasteiger partial charge < -0.3 is 24.8 Å². The number of hydrogen-bond acceptors (Lipinski definition) is 0. The Bertz CT molecular complexity index is 897. The Labute approximate surface area is 180 Å². The molecular weight excluding hydrogens is 426 g/mol. The molecule has 0 atom stereocenters. The summed E-state index contributed by atoms with van der Waals surface area (Å²) in [5.41, 5.74) is 5.65. The molecule has 25 heavy (non-hydrogen) atoms. The zero-order valence-corrected chi connectivity index (χ0v) is 17.5. The van der Waals surface area contributed by atoms with Crippen LogP contribution in [0.25, 0.3) is 21.9 Å². The summed E-state index contributed by atoms with van der Waals surface area (Å²) in [5, 5.41) is 2.57. The fourth-order valence-electron chi connectivity index (χ4n) is 3.14. The first-order valence-corrected chi connectivity index (χ1v) is 7.61. The zero-order chi connectivity index (χ0) is 14.8. The normalized spacial score (nSPS) is 10.1. The summed E-state index contributed by atoms with van der Waals surface area (Å²) >= 11 is 0. The van der Waals surface area contributed by atoms with Crippen molar-refractivity contribution >= 4 is 10.8 Å². The topological polar surface area (TPSA) is 0 Å². The molecule has 4 aromatic rings. The van der Waals surface area contributed by atoms with Crippen LogP contribution in [0.3, 0.4) is 0 Å². The molecule has 122 valence electrons. The van der Waals surface area contributed by atoms with Gasteiger partial charge in [-0.05, 0) is 17.5 Å². The predicted molar refractivity (Wildman–Crippen MR) is 93.1 cm³/mol. The van der Waals surface area contributed by atoms with Crippen LogP contribution in [0, 0.1) is 6.07 Å². The molecular formula is C22H16Cl2Zr. The second kappa shape index (κ2) is 10.0. The predicted octanol–water partition coefficient (Wildman–Crippen LogP) is -0.378. The second-order valence-corrected chi connectivity index (χ2v) is 5.52. The molecule has 3 heteroatoms. The van der Waals surface area contributed by atoms with Gasteiger partial charge in [-0.3, -0.25) is 0 Å². The summed E-state index contributed by atoms with van der Waals surface area (Å²) in [5.74, 6) is 0. The number of hydrogen-bond donors (Lipinski definition) is 0. The fraction of sp³-hybridized carbons (Fsp3) is 0.0455. The Morgan fingerprint density at radius 3 is 2.24 bits per heavy atom. The molecule has 0 spiro atoms. The first kappa shape index (κ1) is 21.8. The van der Waals surface area contributed by atoms with Gasteiger partial charge >= 0.3 is 26.2 Å². The third-order valence-corrected chi connectivity index (χ3v) is 4.18. The number of benzene rings is 3. The van der Waals surface area contributed by atoms with Gasteiger partial charge in [-0.2, -0.15) is 18.2 Å². The van der Waals surface area contributed by atoms with E-state index in [4.69, 9.17) is 0 Å². The van der Waals surface area contributed by atoms with Crippen molar-refractivity contribution < 1.29 is 51.0 Å². The van der Waals surface area contributed by atoms with Gasteiger partial charge in [-0.15, -0.1) is 40.6 Å². The average molecular weight is 443 g/mol. The van der Waals surface area contributed by atoms with Crippen LogP contribution in [0.15, 0.2) is 84.9 Å². The third kappa shape index (κ3) is 4.47. The molecule has 0 aromatic heterocycles. The molecule has 0 bridgehead atoms. The molecule has 0 saturated heterocycles. The van der Waals surface area contributed by atoms with Gasteiger partial charge in [0, 0.05) is 0 Å². The SMILES string of the molecule is [Cl-].[Cl-].[Zr+4].[c-]1cccc2ccc3c(c12)Cc1ccccc1-3.c1cc[cH-]c1. The first-order chi connectivity index (χ1) is 10.9. The number of halogens is 2. The molecule has 1 aliphatic rings. The van der Waals surface area contributed by atoms with Crippen molar-refractivity contribution in [3.05, 3.63) is 102 Å². The van der Waals surface area contributed by atoms with E-state index in [0.717, 1.165) is 6.42 Å². The maximum atomic E-state index is 3.39. The Kier molecular flexibility index (Phi) is 8.73. The van der Waals surface area contributed by atoms with E-state index in [0.29, 0.717) is 0 Å². The van der Waals surface area contributed by atoms with Crippen molar-refractivity contribution in [2.24, 2.45) is 0 Å². The van der Waals surface area contributed by atoms with Gasteiger partial charge in [0.1, 0.15) is 0 Å². The molecule has 0 nitrogen and oxygen atoms in total. The van der Waals surface area contributed by atoms with Crippen LogP contribution in [0.2, 0.25) is 0 Å². The Hall–Kier alpha value is -1.27. The summed E-state index contributed by atoms with van der Waals surface area (Å²) in [7, 11) is 0. The Balaban J connectivity index is 0.000000344. The molecule has 0 amide bonds. The monoisotopic (exact) mass is 440 g/mol. The second-order valence-electron chi connectivity index (χ2n) is 5.52. The molecule has 0 saturated carbocycles. The molecule has 1 aliphatic carbocycles. The maximum Gasteiger partial charge on any atom is 4.00 e. The van der Waals surface area contributed by atoms with Crippen LogP contribution in [0.1, 0.15) is 11.1 Å². The Morgan fingerprint density at radius 2 is 1.52 bits per heavy atom. The van der Waals surface area contributed by atoms with E-state index in [-0.39, 0.29) is 51.0 Å². The first-order valence-electron chi connectivity index (χ1n) is 7.61. The van der Waals surface area contributed by atoms with Crippen molar-refractivity contribution in [2.75, 3.05) is 0 Å². The number of fused-ring (bicyclic) bond motifs is 5. The van der Waals surface area contributed by atoms with Gasteiger partial charge in [0.2, 0.25) is 0 Å². The third-order valence-electron chi connectivity index (χ3n) is 4.18.